The number of aryl methyl sites for hydroxylation is 1. The Labute approximate surface area is 151 Å². The Morgan fingerprint density at radius 3 is 2.35 bits per heavy atom. The van der Waals surface area contributed by atoms with Crippen molar-refractivity contribution >= 4 is 17.6 Å². The molecule has 2 aromatic carbocycles. The zero-order valence-electron chi connectivity index (χ0n) is 14.4. The van der Waals surface area contributed by atoms with Gasteiger partial charge >= 0.3 is 5.97 Å². The fraction of sp³-hybridized carbons (Fsp3) is 0.100. The van der Waals surface area contributed by atoms with Gasteiger partial charge in [-0.3, -0.25) is 4.79 Å². The molecule has 0 saturated carbocycles. The van der Waals surface area contributed by atoms with E-state index in [0.717, 1.165) is 0 Å². The molecule has 26 heavy (non-hydrogen) atoms. The van der Waals surface area contributed by atoms with Crippen molar-refractivity contribution in [3.05, 3.63) is 78.1 Å². The quantitative estimate of drug-likeness (QED) is 0.565. The average Bonchev–Trinajstić information content (AvgIpc) is 3.09. The molecule has 0 aliphatic carbocycles. The van der Waals surface area contributed by atoms with Crippen LogP contribution in [0.3, 0.4) is 0 Å². The van der Waals surface area contributed by atoms with Crippen LogP contribution in [0.2, 0.25) is 0 Å². The molecule has 0 atom stereocenters. The fourth-order valence-corrected chi connectivity index (χ4v) is 2.47. The van der Waals surface area contributed by atoms with E-state index in [1.807, 2.05) is 0 Å². The average molecular weight is 350 g/mol. The molecule has 0 radical (unpaired) electrons. The Morgan fingerprint density at radius 1 is 0.962 bits per heavy atom. The molecule has 132 valence electrons. The van der Waals surface area contributed by atoms with Crippen molar-refractivity contribution in [1.29, 1.82) is 0 Å². The maximum absolute atomic E-state index is 12.4. The number of hydrogen-bond acceptors (Lipinski definition) is 4. The van der Waals surface area contributed by atoms with Gasteiger partial charge in [-0.15, -0.1) is 0 Å². The molecule has 0 bridgehead atoms. The van der Waals surface area contributed by atoms with Gasteiger partial charge in [0.05, 0.1) is 12.7 Å². The molecule has 1 N–H and O–H groups in total. The molecule has 0 aliphatic rings. The maximum atomic E-state index is 12.4. The minimum Gasteiger partial charge on any atom is -0.496 e. The van der Waals surface area contributed by atoms with Crippen LogP contribution >= 0.6 is 0 Å². The summed E-state index contributed by atoms with van der Waals surface area (Å²) in [4.78, 5) is 24.5. The first-order valence-corrected chi connectivity index (χ1v) is 7.96. The van der Waals surface area contributed by atoms with Gasteiger partial charge in [0, 0.05) is 18.9 Å². The Morgan fingerprint density at radius 2 is 1.69 bits per heavy atom. The van der Waals surface area contributed by atoms with Crippen LogP contribution in [0.25, 0.3) is 0 Å². The Kier molecular flexibility index (Phi) is 5.03. The minimum absolute atomic E-state index is 0.281. The molecule has 6 nitrogen and oxygen atoms in total. The van der Waals surface area contributed by atoms with Crippen molar-refractivity contribution in [2.45, 2.75) is 0 Å². The van der Waals surface area contributed by atoms with Crippen molar-refractivity contribution in [2.75, 3.05) is 12.4 Å². The van der Waals surface area contributed by atoms with Crippen LogP contribution in [0.15, 0.2) is 66.9 Å². The number of amides is 1. The van der Waals surface area contributed by atoms with E-state index in [1.54, 1.807) is 78.5 Å². The predicted octanol–water partition coefficient (Wildman–Crippen LogP) is 3.51. The molecule has 6 heteroatoms. The molecular formula is C20H18N2O4. The van der Waals surface area contributed by atoms with Crippen molar-refractivity contribution < 1.29 is 19.1 Å². The second-order valence-corrected chi connectivity index (χ2v) is 5.57. The third-order valence-corrected chi connectivity index (χ3v) is 3.83. The van der Waals surface area contributed by atoms with Crippen molar-refractivity contribution in [3.8, 4) is 11.5 Å². The van der Waals surface area contributed by atoms with Crippen molar-refractivity contribution in [2.24, 2.45) is 7.05 Å². The second kappa shape index (κ2) is 7.57. The summed E-state index contributed by atoms with van der Waals surface area (Å²) >= 11 is 0. The summed E-state index contributed by atoms with van der Waals surface area (Å²) in [6.45, 7) is 0. The van der Waals surface area contributed by atoms with Crippen molar-refractivity contribution in [3.63, 3.8) is 0 Å². The number of ether oxygens (including phenoxy) is 2. The summed E-state index contributed by atoms with van der Waals surface area (Å²) in [5.41, 5.74) is 1.48. The maximum Gasteiger partial charge on any atom is 0.360 e. The zero-order chi connectivity index (χ0) is 18.5. The number of para-hydroxylation sites is 1. The van der Waals surface area contributed by atoms with E-state index in [0.29, 0.717) is 28.4 Å². The molecule has 1 aromatic heterocycles. The van der Waals surface area contributed by atoms with Crippen LogP contribution in [0.4, 0.5) is 5.69 Å². The monoisotopic (exact) mass is 350 g/mol. The highest BCUT2D eigenvalue weighted by Crippen LogP contribution is 2.21. The Balaban J connectivity index is 1.67. The number of rotatable bonds is 5. The topological polar surface area (TPSA) is 69.6 Å². The first-order valence-electron chi connectivity index (χ1n) is 7.96. The largest absolute Gasteiger partial charge is 0.496 e. The van der Waals surface area contributed by atoms with Crippen LogP contribution in [-0.2, 0) is 7.05 Å². The lowest BCUT2D eigenvalue weighted by molar-refractivity contribution is 0.0724. The van der Waals surface area contributed by atoms with E-state index >= 15 is 0 Å². The summed E-state index contributed by atoms with van der Waals surface area (Å²) < 4.78 is 12.2. The molecule has 3 aromatic rings. The van der Waals surface area contributed by atoms with Gasteiger partial charge < -0.3 is 19.4 Å². The van der Waals surface area contributed by atoms with Gasteiger partial charge in [-0.2, -0.15) is 0 Å². The molecule has 0 unspecified atom stereocenters. The zero-order valence-corrected chi connectivity index (χ0v) is 14.4. The number of methoxy groups -OCH3 is 1. The lowest BCUT2D eigenvalue weighted by Gasteiger charge is -2.10. The van der Waals surface area contributed by atoms with Crippen LogP contribution in [0.5, 0.6) is 11.5 Å². The van der Waals surface area contributed by atoms with Crippen LogP contribution < -0.4 is 14.8 Å². The number of anilines is 1. The predicted molar refractivity (Wildman–Crippen MR) is 97.8 cm³/mol. The summed E-state index contributed by atoms with van der Waals surface area (Å²) in [6.07, 6.45) is 1.77. The summed E-state index contributed by atoms with van der Waals surface area (Å²) in [5.74, 6) is 0.170. The van der Waals surface area contributed by atoms with Gasteiger partial charge in [-0.25, -0.2) is 4.79 Å². The van der Waals surface area contributed by atoms with Gasteiger partial charge in [0.15, 0.2) is 0 Å². The standard InChI is InChI=1S/C20H18N2O4/c1-22-13-5-7-17(22)20(24)26-15-11-9-14(10-12-15)21-19(23)16-6-3-4-8-18(16)25-2/h3-13H,1-2H3,(H,21,23). The third kappa shape index (κ3) is 3.75. The first kappa shape index (κ1) is 17.3. The van der Waals surface area contributed by atoms with Gasteiger partial charge in [0.1, 0.15) is 17.2 Å². The molecule has 3 rings (SSSR count). The van der Waals surface area contributed by atoms with Gasteiger partial charge in [-0.05, 0) is 48.5 Å². The lowest BCUT2D eigenvalue weighted by Crippen LogP contribution is -2.14. The number of nitrogens with one attached hydrogen (secondary N) is 1. The molecular weight excluding hydrogens is 332 g/mol. The summed E-state index contributed by atoms with van der Waals surface area (Å²) in [6, 6.07) is 17.0. The second-order valence-electron chi connectivity index (χ2n) is 5.57. The highest BCUT2D eigenvalue weighted by Gasteiger charge is 2.13. The molecule has 0 fully saturated rings. The van der Waals surface area contributed by atoms with Gasteiger partial charge in [0.2, 0.25) is 0 Å². The van der Waals surface area contributed by atoms with E-state index in [1.165, 1.54) is 7.11 Å². The van der Waals surface area contributed by atoms with E-state index in [-0.39, 0.29) is 5.91 Å². The SMILES string of the molecule is COc1ccccc1C(=O)Nc1ccc(OC(=O)c2cccn2C)cc1. The van der Waals surface area contributed by atoms with Crippen LogP contribution in [-0.4, -0.2) is 23.6 Å². The van der Waals surface area contributed by atoms with Gasteiger partial charge in [-0.1, -0.05) is 12.1 Å². The number of carbonyl (C=O) groups excluding carboxylic acids is 2. The van der Waals surface area contributed by atoms with Crippen LogP contribution in [0.1, 0.15) is 20.8 Å². The highest BCUT2D eigenvalue weighted by molar-refractivity contribution is 6.06. The summed E-state index contributed by atoms with van der Waals surface area (Å²) in [5, 5.41) is 2.79. The number of carbonyl (C=O) groups is 2. The lowest BCUT2D eigenvalue weighted by atomic mass is 10.2. The molecule has 0 spiro atoms. The normalized spacial score (nSPS) is 10.2. The third-order valence-electron chi connectivity index (χ3n) is 3.83. The number of nitrogens with zero attached hydrogens (tertiary/aromatic N) is 1. The van der Waals surface area contributed by atoms with Crippen LogP contribution in [0, 0.1) is 0 Å². The molecule has 0 aliphatic heterocycles. The van der Waals surface area contributed by atoms with Gasteiger partial charge in [0.25, 0.3) is 5.91 Å². The fourth-order valence-electron chi connectivity index (χ4n) is 2.47. The van der Waals surface area contributed by atoms with E-state index < -0.39 is 5.97 Å². The van der Waals surface area contributed by atoms with E-state index in [9.17, 15) is 9.59 Å². The van der Waals surface area contributed by atoms with E-state index in [2.05, 4.69) is 5.32 Å². The Hall–Kier alpha value is -3.54. The minimum atomic E-state index is -0.441. The van der Waals surface area contributed by atoms with Crippen molar-refractivity contribution in [1.82, 2.24) is 4.57 Å². The van der Waals surface area contributed by atoms with E-state index in [4.69, 9.17) is 9.47 Å². The summed E-state index contributed by atoms with van der Waals surface area (Å²) in [7, 11) is 3.29. The Bertz CT molecular complexity index is 929. The number of aromatic nitrogens is 1. The molecule has 1 heterocycles. The molecule has 1 amide bonds. The number of benzene rings is 2. The smallest absolute Gasteiger partial charge is 0.360 e. The number of esters is 1. The first-order chi connectivity index (χ1) is 12.6. The number of hydrogen-bond donors (Lipinski definition) is 1. The highest BCUT2D eigenvalue weighted by atomic mass is 16.5. The molecule has 0 saturated heterocycles.